The normalized spacial score (nSPS) is 10.1. The Morgan fingerprint density at radius 2 is 2.14 bits per heavy atom. The van der Waals surface area contributed by atoms with Crippen LogP contribution in [0.2, 0.25) is 0 Å². The quantitative estimate of drug-likeness (QED) is 0.477. The maximum atomic E-state index is 13.7. The van der Waals surface area contributed by atoms with Crippen LogP contribution in [-0.4, -0.2) is 58.4 Å². The first-order valence-corrected chi connectivity index (χ1v) is 8.45. The Kier molecular flexibility index (Phi) is 9.79. The molecule has 1 heterocycles. The molecule has 0 saturated carbocycles. The van der Waals surface area contributed by atoms with Crippen LogP contribution in [0, 0.1) is 12.7 Å². The second-order valence-corrected chi connectivity index (χ2v) is 6.05. The van der Waals surface area contributed by atoms with E-state index >= 15 is 0 Å². The predicted molar refractivity (Wildman–Crippen MR) is 96.8 cm³/mol. The van der Waals surface area contributed by atoms with Gasteiger partial charge < -0.3 is 20.1 Å². The molecule has 0 bridgehead atoms. The zero-order valence-electron chi connectivity index (χ0n) is 15.7. The van der Waals surface area contributed by atoms with Gasteiger partial charge >= 0.3 is 0 Å². The van der Waals surface area contributed by atoms with E-state index in [9.17, 15) is 14.0 Å². The molecule has 1 aromatic carbocycles. The van der Waals surface area contributed by atoms with Crippen molar-refractivity contribution in [3.8, 4) is 5.75 Å². The number of aliphatic hydroxyl groups excluding tert-OH is 1. The number of nitrogens with zero attached hydrogens (tertiary/aromatic N) is 3. The number of aromatic nitrogens is 2. The SMILES string of the molecule is Cc1ccc(OCCC(=O)Nc2cnn(CC(=O)N(C)CCO)c2)c(F)c1.[Re]. The van der Waals surface area contributed by atoms with Gasteiger partial charge in [0.25, 0.3) is 0 Å². The summed E-state index contributed by atoms with van der Waals surface area (Å²) in [6.07, 6.45) is 3.00. The maximum Gasteiger partial charge on any atom is 0.244 e. The van der Waals surface area contributed by atoms with Crippen molar-refractivity contribution in [3.05, 3.63) is 42.0 Å². The van der Waals surface area contributed by atoms with E-state index in [2.05, 4.69) is 10.4 Å². The van der Waals surface area contributed by atoms with E-state index in [0.29, 0.717) is 5.69 Å². The first kappa shape index (κ1) is 23.8. The molecule has 10 heteroatoms. The zero-order valence-corrected chi connectivity index (χ0v) is 18.4. The minimum Gasteiger partial charge on any atom is -0.490 e. The van der Waals surface area contributed by atoms with Gasteiger partial charge in [-0.05, 0) is 24.6 Å². The van der Waals surface area contributed by atoms with E-state index in [-0.39, 0.29) is 70.7 Å². The van der Waals surface area contributed by atoms with E-state index in [1.165, 1.54) is 34.1 Å². The number of rotatable bonds is 9. The minimum atomic E-state index is -0.465. The third kappa shape index (κ3) is 7.39. The third-order valence-corrected chi connectivity index (χ3v) is 3.75. The Balaban J connectivity index is 0.00000392. The fourth-order valence-electron chi connectivity index (χ4n) is 2.25. The predicted octanol–water partition coefficient (Wildman–Crippen LogP) is 1.19. The second kappa shape index (κ2) is 11.5. The van der Waals surface area contributed by atoms with Crippen LogP contribution in [0.4, 0.5) is 10.1 Å². The largest absolute Gasteiger partial charge is 0.490 e. The van der Waals surface area contributed by atoms with Crippen LogP contribution in [-0.2, 0) is 36.6 Å². The van der Waals surface area contributed by atoms with Crippen molar-refractivity contribution in [2.45, 2.75) is 19.9 Å². The monoisotopic (exact) mass is 565 g/mol. The van der Waals surface area contributed by atoms with Crippen molar-refractivity contribution in [2.24, 2.45) is 0 Å². The summed E-state index contributed by atoms with van der Waals surface area (Å²) in [6, 6.07) is 4.62. The van der Waals surface area contributed by atoms with E-state index in [1.807, 2.05) is 0 Å². The molecule has 2 N–H and O–H groups in total. The number of aryl methyl sites for hydroxylation is 1. The Labute approximate surface area is 176 Å². The number of carbonyl (C=O) groups is 2. The number of aliphatic hydroxyl groups is 1. The van der Waals surface area contributed by atoms with Gasteiger partial charge in [0.1, 0.15) is 6.54 Å². The van der Waals surface area contributed by atoms with Gasteiger partial charge in [0.15, 0.2) is 11.6 Å². The molecule has 0 atom stereocenters. The van der Waals surface area contributed by atoms with Gasteiger partial charge in [-0.2, -0.15) is 5.10 Å². The summed E-state index contributed by atoms with van der Waals surface area (Å²) >= 11 is 0. The second-order valence-electron chi connectivity index (χ2n) is 6.05. The molecule has 0 spiro atoms. The maximum absolute atomic E-state index is 13.7. The first-order valence-electron chi connectivity index (χ1n) is 8.45. The number of likely N-dealkylation sites (N-methyl/N-ethyl adjacent to an activating group) is 1. The third-order valence-electron chi connectivity index (χ3n) is 3.75. The Hall–Kier alpha value is -2.28. The van der Waals surface area contributed by atoms with Gasteiger partial charge in [-0.15, -0.1) is 0 Å². The van der Waals surface area contributed by atoms with Gasteiger partial charge in [0.05, 0.1) is 31.5 Å². The molecule has 0 aliphatic heterocycles. The van der Waals surface area contributed by atoms with Crippen LogP contribution in [0.3, 0.4) is 0 Å². The van der Waals surface area contributed by atoms with Gasteiger partial charge in [-0.3, -0.25) is 14.3 Å². The number of hydrogen-bond acceptors (Lipinski definition) is 5. The minimum absolute atomic E-state index is 0. The number of ether oxygens (including phenoxy) is 1. The van der Waals surface area contributed by atoms with Crippen LogP contribution in [0.5, 0.6) is 5.75 Å². The summed E-state index contributed by atoms with van der Waals surface area (Å²) in [5.74, 6) is -0.886. The molecule has 1 radical (unpaired) electrons. The van der Waals surface area contributed by atoms with Gasteiger partial charge in [0, 0.05) is 40.2 Å². The molecule has 8 nitrogen and oxygen atoms in total. The number of benzene rings is 1. The molecule has 0 saturated heterocycles. The summed E-state index contributed by atoms with van der Waals surface area (Å²) in [7, 11) is 1.58. The molecule has 2 aromatic rings. The summed E-state index contributed by atoms with van der Waals surface area (Å²) in [5, 5.41) is 15.5. The van der Waals surface area contributed by atoms with Crippen LogP contribution in [0.1, 0.15) is 12.0 Å². The van der Waals surface area contributed by atoms with Gasteiger partial charge in [-0.25, -0.2) is 4.39 Å². The Morgan fingerprint density at radius 1 is 1.39 bits per heavy atom. The van der Waals surface area contributed by atoms with Crippen molar-refractivity contribution >= 4 is 17.5 Å². The summed E-state index contributed by atoms with van der Waals surface area (Å²) in [4.78, 5) is 25.2. The Bertz CT molecular complexity index is 800. The van der Waals surface area contributed by atoms with Crippen molar-refractivity contribution in [1.82, 2.24) is 14.7 Å². The van der Waals surface area contributed by atoms with Gasteiger partial charge in [0.2, 0.25) is 11.8 Å². The molecule has 0 aliphatic carbocycles. The molecule has 153 valence electrons. The van der Waals surface area contributed by atoms with Crippen molar-refractivity contribution < 1.29 is 44.2 Å². The van der Waals surface area contributed by atoms with E-state index < -0.39 is 5.82 Å². The van der Waals surface area contributed by atoms with Crippen LogP contribution < -0.4 is 10.1 Å². The fraction of sp³-hybridized carbons (Fsp3) is 0.389. The van der Waals surface area contributed by atoms with Crippen molar-refractivity contribution in [3.63, 3.8) is 0 Å². The first-order chi connectivity index (χ1) is 12.9. The molecule has 2 amide bonds. The van der Waals surface area contributed by atoms with Crippen LogP contribution >= 0.6 is 0 Å². The number of amides is 2. The topological polar surface area (TPSA) is 96.7 Å². The van der Waals surface area contributed by atoms with Crippen LogP contribution in [0.15, 0.2) is 30.6 Å². The van der Waals surface area contributed by atoms with Crippen molar-refractivity contribution in [2.75, 3.05) is 32.1 Å². The smallest absolute Gasteiger partial charge is 0.244 e. The summed E-state index contributed by atoms with van der Waals surface area (Å²) in [5.41, 5.74) is 1.23. The van der Waals surface area contributed by atoms with Crippen molar-refractivity contribution in [1.29, 1.82) is 0 Å². The number of nitrogens with one attached hydrogen (secondary N) is 1. The number of carbonyl (C=O) groups excluding carboxylic acids is 2. The Morgan fingerprint density at radius 3 is 2.82 bits per heavy atom. The number of hydrogen-bond donors (Lipinski definition) is 2. The van der Waals surface area contributed by atoms with E-state index in [4.69, 9.17) is 9.84 Å². The zero-order chi connectivity index (χ0) is 19.8. The summed E-state index contributed by atoms with van der Waals surface area (Å²) < 4.78 is 20.3. The molecular formula is C18H23FN4O4Re. The molecule has 0 unspecified atom stereocenters. The van der Waals surface area contributed by atoms with E-state index in [0.717, 1.165) is 5.56 Å². The number of anilines is 1. The molecule has 28 heavy (non-hydrogen) atoms. The molecular weight excluding hydrogens is 541 g/mol. The van der Waals surface area contributed by atoms with Crippen LogP contribution in [0.25, 0.3) is 0 Å². The summed E-state index contributed by atoms with van der Waals surface area (Å²) in [6.45, 7) is 1.94. The molecule has 1 aromatic heterocycles. The fourth-order valence-corrected chi connectivity index (χ4v) is 2.25. The average Bonchev–Trinajstić information content (AvgIpc) is 3.03. The molecule has 2 rings (SSSR count). The van der Waals surface area contributed by atoms with E-state index in [1.54, 1.807) is 20.0 Å². The number of halogens is 1. The molecule has 0 aliphatic rings. The average molecular weight is 565 g/mol. The van der Waals surface area contributed by atoms with Gasteiger partial charge in [-0.1, -0.05) is 6.07 Å². The molecule has 0 fully saturated rings. The standard InChI is InChI=1S/C18H23FN4O4.Re/c1-13-3-4-16(15(19)9-13)27-8-5-17(25)21-14-10-20-23(11-14)12-18(26)22(2)6-7-24;/h3-4,9-11,24H,5-8,12H2,1-2H3,(H,21,25);.